The summed E-state index contributed by atoms with van der Waals surface area (Å²) < 4.78 is 34.0. The Balaban J connectivity index is 3.43. The van der Waals surface area contributed by atoms with E-state index in [2.05, 4.69) is 0 Å². The Morgan fingerprint density at radius 2 is 1.75 bits per heavy atom. The number of aryl methyl sites for hydroxylation is 2. The Labute approximate surface area is 72.0 Å². The third kappa shape index (κ3) is 1.64. The molecule has 0 spiro atoms. The summed E-state index contributed by atoms with van der Waals surface area (Å²) in [4.78, 5) is 0.0631. The lowest BCUT2D eigenvalue weighted by Gasteiger charge is -2.00. The number of rotatable bonds is 1. The smallest absolute Gasteiger partial charge is 0.168 e. The van der Waals surface area contributed by atoms with Crippen LogP contribution in [0.4, 0.5) is 4.39 Å². The largest absolute Gasteiger partial charge is 0.227 e. The van der Waals surface area contributed by atoms with Gasteiger partial charge >= 0.3 is 0 Å². The molecule has 0 fully saturated rings. The van der Waals surface area contributed by atoms with Crippen LogP contribution in [0.25, 0.3) is 0 Å². The first-order valence-corrected chi connectivity index (χ1v) is 4.61. The standard InChI is InChI=1S/C8H9FO2S/c1-5-3-6(2)8(12(10)11)4-7(5)9/h3-4,12H,1-2H3. The minimum absolute atomic E-state index is 0.0631. The highest BCUT2D eigenvalue weighted by molar-refractivity contribution is 7.72. The van der Waals surface area contributed by atoms with Crippen molar-refractivity contribution < 1.29 is 12.8 Å². The Hall–Kier alpha value is -0.900. The van der Waals surface area contributed by atoms with Crippen molar-refractivity contribution in [2.75, 3.05) is 0 Å². The maximum absolute atomic E-state index is 12.9. The highest BCUT2D eigenvalue weighted by atomic mass is 32.2. The molecule has 0 heterocycles. The Kier molecular flexibility index (Phi) is 2.47. The van der Waals surface area contributed by atoms with Gasteiger partial charge in [-0.05, 0) is 31.0 Å². The molecular formula is C8H9FO2S. The second-order valence-corrected chi connectivity index (χ2v) is 3.64. The van der Waals surface area contributed by atoms with E-state index in [4.69, 9.17) is 0 Å². The van der Waals surface area contributed by atoms with Gasteiger partial charge in [-0.15, -0.1) is 0 Å². The van der Waals surface area contributed by atoms with Gasteiger partial charge in [0.2, 0.25) is 0 Å². The molecule has 0 atom stereocenters. The number of hydrogen-bond donors (Lipinski definition) is 1. The first-order valence-electron chi connectivity index (χ1n) is 3.43. The average molecular weight is 188 g/mol. The van der Waals surface area contributed by atoms with Crippen LogP contribution in [0.1, 0.15) is 11.1 Å². The van der Waals surface area contributed by atoms with Crippen molar-refractivity contribution in [2.45, 2.75) is 18.7 Å². The Morgan fingerprint density at radius 3 is 2.25 bits per heavy atom. The quantitative estimate of drug-likeness (QED) is 0.676. The molecule has 66 valence electrons. The molecular weight excluding hydrogens is 179 g/mol. The maximum atomic E-state index is 12.9. The second-order valence-electron chi connectivity index (χ2n) is 2.64. The summed E-state index contributed by atoms with van der Waals surface area (Å²) in [5.41, 5.74) is 1.05. The van der Waals surface area contributed by atoms with Crippen LogP contribution in [-0.4, -0.2) is 8.42 Å². The van der Waals surface area contributed by atoms with E-state index >= 15 is 0 Å². The highest BCUT2D eigenvalue weighted by Gasteiger charge is 2.05. The van der Waals surface area contributed by atoms with Gasteiger partial charge in [-0.25, -0.2) is 12.8 Å². The summed E-state index contributed by atoms with van der Waals surface area (Å²) in [6.07, 6.45) is 0. The maximum Gasteiger partial charge on any atom is 0.168 e. The monoisotopic (exact) mass is 188 g/mol. The Bertz CT molecular complexity index is 375. The van der Waals surface area contributed by atoms with Crippen LogP contribution < -0.4 is 0 Å². The van der Waals surface area contributed by atoms with Crippen molar-refractivity contribution >= 4 is 10.7 Å². The summed E-state index contributed by atoms with van der Waals surface area (Å²) in [7, 11) is -2.68. The number of halogens is 1. The molecule has 0 N–H and O–H groups in total. The summed E-state index contributed by atoms with van der Waals surface area (Å²) >= 11 is 0. The van der Waals surface area contributed by atoms with Crippen LogP contribution in [0.3, 0.4) is 0 Å². The summed E-state index contributed by atoms with van der Waals surface area (Å²) in [6.45, 7) is 3.25. The molecule has 0 saturated carbocycles. The predicted molar refractivity (Wildman–Crippen MR) is 44.5 cm³/mol. The van der Waals surface area contributed by atoms with Crippen LogP contribution in [-0.2, 0) is 10.7 Å². The molecule has 0 aromatic heterocycles. The van der Waals surface area contributed by atoms with Crippen molar-refractivity contribution in [3.8, 4) is 0 Å². The lowest BCUT2D eigenvalue weighted by atomic mass is 10.1. The van der Waals surface area contributed by atoms with E-state index in [1.54, 1.807) is 13.8 Å². The van der Waals surface area contributed by atoms with Crippen LogP contribution >= 0.6 is 0 Å². The summed E-state index contributed by atoms with van der Waals surface area (Å²) in [6, 6.07) is 2.58. The third-order valence-corrected chi connectivity index (χ3v) is 2.55. The first kappa shape index (κ1) is 9.19. The van der Waals surface area contributed by atoms with Gasteiger partial charge in [0.25, 0.3) is 0 Å². The van der Waals surface area contributed by atoms with Gasteiger partial charge in [0, 0.05) is 0 Å². The minimum atomic E-state index is -2.68. The zero-order valence-corrected chi connectivity index (χ0v) is 7.69. The van der Waals surface area contributed by atoms with Gasteiger partial charge in [-0.3, -0.25) is 0 Å². The van der Waals surface area contributed by atoms with Crippen LogP contribution in [0.5, 0.6) is 0 Å². The van der Waals surface area contributed by atoms with Crippen LogP contribution in [0, 0.1) is 19.7 Å². The molecule has 1 rings (SSSR count). The molecule has 0 aliphatic carbocycles. The van der Waals surface area contributed by atoms with Crippen molar-refractivity contribution in [1.82, 2.24) is 0 Å². The molecule has 0 aliphatic heterocycles. The zero-order chi connectivity index (χ0) is 9.30. The Morgan fingerprint density at radius 1 is 1.17 bits per heavy atom. The number of thiol groups is 1. The molecule has 12 heavy (non-hydrogen) atoms. The average Bonchev–Trinajstić information content (AvgIpc) is 1.96. The normalized spacial score (nSPS) is 10.7. The van der Waals surface area contributed by atoms with E-state index in [-0.39, 0.29) is 4.90 Å². The summed E-state index contributed by atoms with van der Waals surface area (Å²) in [5, 5.41) is 0. The molecule has 1 aromatic carbocycles. The van der Waals surface area contributed by atoms with Gasteiger partial charge in [0.05, 0.1) is 4.90 Å². The number of hydrogen-bond acceptors (Lipinski definition) is 2. The van der Waals surface area contributed by atoms with Gasteiger partial charge in [0.1, 0.15) is 5.82 Å². The molecule has 0 aliphatic rings. The SMILES string of the molecule is Cc1cc(C)c([SH](=O)=O)cc1F. The predicted octanol–water partition coefficient (Wildman–Crippen LogP) is 1.41. The van der Waals surface area contributed by atoms with Crippen LogP contribution in [0.2, 0.25) is 0 Å². The topological polar surface area (TPSA) is 34.1 Å². The van der Waals surface area contributed by atoms with Crippen molar-refractivity contribution in [2.24, 2.45) is 0 Å². The fraction of sp³-hybridized carbons (Fsp3) is 0.250. The molecule has 0 radical (unpaired) electrons. The zero-order valence-electron chi connectivity index (χ0n) is 6.80. The molecule has 1 aromatic rings. The van der Waals surface area contributed by atoms with E-state index in [1.165, 1.54) is 6.07 Å². The van der Waals surface area contributed by atoms with Gasteiger partial charge in [0.15, 0.2) is 10.7 Å². The molecule has 0 amide bonds. The van der Waals surface area contributed by atoms with E-state index in [1.807, 2.05) is 0 Å². The van der Waals surface area contributed by atoms with E-state index in [0.29, 0.717) is 11.1 Å². The van der Waals surface area contributed by atoms with E-state index in [9.17, 15) is 12.8 Å². The van der Waals surface area contributed by atoms with E-state index < -0.39 is 16.5 Å². The lowest BCUT2D eigenvalue weighted by molar-refractivity contribution is 0.601. The van der Waals surface area contributed by atoms with Crippen molar-refractivity contribution in [1.29, 1.82) is 0 Å². The minimum Gasteiger partial charge on any atom is -0.227 e. The molecule has 4 heteroatoms. The fourth-order valence-corrected chi connectivity index (χ4v) is 1.58. The van der Waals surface area contributed by atoms with Gasteiger partial charge in [-0.1, -0.05) is 6.07 Å². The lowest BCUT2D eigenvalue weighted by Crippen LogP contribution is -1.91. The van der Waals surface area contributed by atoms with Gasteiger partial charge in [-0.2, -0.15) is 0 Å². The fourth-order valence-electron chi connectivity index (χ4n) is 1.01. The molecule has 2 nitrogen and oxygen atoms in total. The van der Waals surface area contributed by atoms with Gasteiger partial charge < -0.3 is 0 Å². The molecule has 0 saturated heterocycles. The van der Waals surface area contributed by atoms with Crippen molar-refractivity contribution in [3.05, 3.63) is 29.1 Å². The van der Waals surface area contributed by atoms with Crippen LogP contribution in [0.15, 0.2) is 17.0 Å². The van der Waals surface area contributed by atoms with Crippen molar-refractivity contribution in [3.63, 3.8) is 0 Å². The van der Waals surface area contributed by atoms with E-state index in [0.717, 1.165) is 6.07 Å². The third-order valence-electron chi connectivity index (χ3n) is 1.67. The second kappa shape index (κ2) is 3.23. The molecule has 0 unspecified atom stereocenters. The highest BCUT2D eigenvalue weighted by Crippen LogP contribution is 2.15. The summed E-state index contributed by atoms with van der Waals surface area (Å²) in [5.74, 6) is -0.477. The number of benzene rings is 1. The first-order chi connectivity index (χ1) is 5.52. The molecule has 0 bridgehead atoms.